The van der Waals surface area contributed by atoms with Crippen LogP contribution in [0.25, 0.3) is 0 Å². The Hall–Kier alpha value is -2.73. The van der Waals surface area contributed by atoms with Crippen LogP contribution in [0.2, 0.25) is 0 Å². The zero-order chi connectivity index (χ0) is 17.6. The van der Waals surface area contributed by atoms with E-state index < -0.39 is 11.5 Å². The summed E-state index contributed by atoms with van der Waals surface area (Å²) < 4.78 is 0. The summed E-state index contributed by atoms with van der Waals surface area (Å²) in [5.41, 5.74) is 0.175. The zero-order valence-corrected chi connectivity index (χ0v) is 13.7. The van der Waals surface area contributed by atoms with Gasteiger partial charge in [0.25, 0.3) is 5.91 Å². The van der Waals surface area contributed by atoms with Gasteiger partial charge in [-0.2, -0.15) is 0 Å². The van der Waals surface area contributed by atoms with Gasteiger partial charge in [-0.1, -0.05) is 18.2 Å². The van der Waals surface area contributed by atoms with Crippen LogP contribution in [0.1, 0.15) is 25.8 Å². The van der Waals surface area contributed by atoms with E-state index in [9.17, 15) is 14.7 Å². The molecular formula is C18H21N3O3. The van der Waals surface area contributed by atoms with Gasteiger partial charge in [-0.05, 0) is 49.6 Å². The van der Waals surface area contributed by atoms with Gasteiger partial charge >= 0.3 is 0 Å². The number of aromatic nitrogens is 1. The second kappa shape index (κ2) is 7.70. The van der Waals surface area contributed by atoms with Crippen molar-refractivity contribution in [3.8, 4) is 0 Å². The molecule has 0 aliphatic heterocycles. The Morgan fingerprint density at radius 1 is 1.12 bits per heavy atom. The highest BCUT2D eigenvalue weighted by Gasteiger charge is 2.30. The van der Waals surface area contributed by atoms with Crippen molar-refractivity contribution in [2.75, 3.05) is 10.6 Å². The van der Waals surface area contributed by atoms with Gasteiger partial charge in [0.2, 0.25) is 5.91 Å². The molecule has 0 spiro atoms. The molecule has 0 fully saturated rings. The molecule has 24 heavy (non-hydrogen) atoms. The van der Waals surface area contributed by atoms with Crippen LogP contribution in [0.15, 0.2) is 48.7 Å². The van der Waals surface area contributed by atoms with Crippen LogP contribution in [0.4, 0.5) is 11.5 Å². The lowest BCUT2D eigenvalue weighted by atomic mass is 9.96. The second-order valence-corrected chi connectivity index (χ2v) is 5.82. The second-order valence-electron chi connectivity index (χ2n) is 5.82. The summed E-state index contributed by atoms with van der Waals surface area (Å²) in [4.78, 5) is 27.2. The lowest BCUT2D eigenvalue weighted by molar-refractivity contribution is -0.132. The SMILES string of the molecule is CC(=O)Nc1ccc(CCC(C)(O)C(=O)Nc2ccccn2)cc1. The number of amides is 2. The first-order valence-electron chi connectivity index (χ1n) is 7.68. The monoisotopic (exact) mass is 327 g/mol. The minimum Gasteiger partial charge on any atom is -0.380 e. The number of nitrogens with zero attached hydrogens (tertiary/aromatic N) is 1. The largest absolute Gasteiger partial charge is 0.380 e. The lowest BCUT2D eigenvalue weighted by Gasteiger charge is -2.22. The number of rotatable bonds is 6. The fourth-order valence-electron chi connectivity index (χ4n) is 2.15. The van der Waals surface area contributed by atoms with Crippen LogP contribution in [0.3, 0.4) is 0 Å². The average Bonchev–Trinajstić information content (AvgIpc) is 2.54. The number of benzene rings is 1. The average molecular weight is 327 g/mol. The number of hydrogen-bond donors (Lipinski definition) is 3. The molecule has 6 nitrogen and oxygen atoms in total. The fraction of sp³-hybridized carbons (Fsp3) is 0.278. The Morgan fingerprint density at radius 2 is 1.83 bits per heavy atom. The number of carbonyl (C=O) groups excluding carboxylic acids is 2. The van der Waals surface area contributed by atoms with Gasteiger partial charge in [-0.25, -0.2) is 4.98 Å². The number of aryl methyl sites for hydroxylation is 1. The van der Waals surface area contributed by atoms with Crippen molar-refractivity contribution in [3.05, 3.63) is 54.2 Å². The maximum absolute atomic E-state index is 12.2. The predicted molar refractivity (Wildman–Crippen MR) is 92.6 cm³/mol. The molecule has 2 aromatic rings. The van der Waals surface area contributed by atoms with Gasteiger partial charge in [-0.3, -0.25) is 9.59 Å². The Bertz CT molecular complexity index is 697. The molecule has 0 bridgehead atoms. The van der Waals surface area contributed by atoms with Crippen LogP contribution in [0, 0.1) is 0 Å². The summed E-state index contributed by atoms with van der Waals surface area (Å²) >= 11 is 0. The van der Waals surface area contributed by atoms with E-state index in [0.29, 0.717) is 17.9 Å². The molecule has 1 unspecified atom stereocenters. The number of anilines is 2. The molecule has 1 aromatic heterocycles. The Morgan fingerprint density at radius 3 is 2.42 bits per heavy atom. The number of aliphatic hydroxyl groups is 1. The maximum Gasteiger partial charge on any atom is 0.257 e. The molecule has 2 amide bonds. The van der Waals surface area contributed by atoms with Crippen molar-refractivity contribution in [1.82, 2.24) is 4.98 Å². The van der Waals surface area contributed by atoms with Crippen LogP contribution in [-0.2, 0) is 16.0 Å². The summed E-state index contributed by atoms with van der Waals surface area (Å²) in [5, 5.41) is 15.7. The van der Waals surface area contributed by atoms with Gasteiger partial charge in [0.1, 0.15) is 11.4 Å². The van der Waals surface area contributed by atoms with E-state index in [-0.39, 0.29) is 12.3 Å². The Kier molecular flexibility index (Phi) is 5.65. The molecule has 0 radical (unpaired) electrons. The summed E-state index contributed by atoms with van der Waals surface area (Å²) in [5.74, 6) is -0.213. The first-order valence-corrected chi connectivity index (χ1v) is 7.68. The summed E-state index contributed by atoms with van der Waals surface area (Å²) in [6, 6.07) is 12.5. The van der Waals surface area contributed by atoms with Gasteiger partial charge in [0.15, 0.2) is 0 Å². The Balaban J connectivity index is 1.91. The molecule has 0 saturated heterocycles. The Labute approximate surface area is 140 Å². The number of hydrogen-bond acceptors (Lipinski definition) is 4. The molecule has 6 heteroatoms. The molecule has 0 saturated carbocycles. The molecule has 0 aliphatic carbocycles. The van der Waals surface area contributed by atoms with Crippen LogP contribution >= 0.6 is 0 Å². The highest BCUT2D eigenvalue weighted by atomic mass is 16.3. The van der Waals surface area contributed by atoms with Crippen molar-refractivity contribution in [2.45, 2.75) is 32.3 Å². The first kappa shape index (κ1) is 17.6. The molecule has 1 aromatic carbocycles. The van der Waals surface area contributed by atoms with Crippen molar-refractivity contribution in [2.24, 2.45) is 0 Å². The third-order valence-electron chi connectivity index (χ3n) is 3.57. The van der Waals surface area contributed by atoms with Crippen LogP contribution < -0.4 is 10.6 Å². The van der Waals surface area contributed by atoms with Gasteiger partial charge in [-0.15, -0.1) is 0 Å². The van der Waals surface area contributed by atoms with Crippen molar-refractivity contribution >= 4 is 23.3 Å². The standard InChI is InChI=1S/C18H21N3O3/c1-13(22)20-15-8-6-14(7-9-15)10-11-18(2,24)17(23)21-16-5-3-4-12-19-16/h3-9,12,24H,10-11H2,1-2H3,(H,20,22)(H,19,21,23). The molecular weight excluding hydrogens is 306 g/mol. The van der Waals surface area contributed by atoms with Crippen LogP contribution in [-0.4, -0.2) is 27.5 Å². The first-order chi connectivity index (χ1) is 11.4. The van der Waals surface area contributed by atoms with Crippen molar-refractivity contribution < 1.29 is 14.7 Å². The number of nitrogens with one attached hydrogen (secondary N) is 2. The van der Waals surface area contributed by atoms with E-state index in [2.05, 4.69) is 15.6 Å². The van der Waals surface area contributed by atoms with Gasteiger partial charge < -0.3 is 15.7 Å². The minimum absolute atomic E-state index is 0.128. The van der Waals surface area contributed by atoms with E-state index >= 15 is 0 Å². The fourth-order valence-corrected chi connectivity index (χ4v) is 2.15. The quantitative estimate of drug-likeness (QED) is 0.759. The number of carbonyl (C=O) groups is 2. The minimum atomic E-state index is -1.51. The van der Waals surface area contributed by atoms with E-state index in [4.69, 9.17) is 0 Å². The summed E-state index contributed by atoms with van der Waals surface area (Å²) in [6.07, 6.45) is 2.37. The van der Waals surface area contributed by atoms with Gasteiger partial charge in [0, 0.05) is 18.8 Å². The highest BCUT2D eigenvalue weighted by molar-refractivity contribution is 5.96. The van der Waals surface area contributed by atoms with Crippen LogP contribution in [0.5, 0.6) is 0 Å². The number of pyridine rings is 1. The summed E-state index contributed by atoms with van der Waals surface area (Å²) in [6.45, 7) is 2.93. The van der Waals surface area contributed by atoms with E-state index in [1.54, 1.807) is 36.5 Å². The third-order valence-corrected chi connectivity index (χ3v) is 3.57. The molecule has 126 valence electrons. The van der Waals surface area contributed by atoms with E-state index in [0.717, 1.165) is 5.56 Å². The molecule has 1 atom stereocenters. The molecule has 2 rings (SSSR count). The van der Waals surface area contributed by atoms with E-state index in [1.807, 2.05) is 12.1 Å². The summed E-state index contributed by atoms with van der Waals surface area (Å²) in [7, 11) is 0. The molecule has 3 N–H and O–H groups in total. The van der Waals surface area contributed by atoms with Crippen molar-refractivity contribution in [3.63, 3.8) is 0 Å². The molecule has 0 aliphatic rings. The topological polar surface area (TPSA) is 91.3 Å². The maximum atomic E-state index is 12.2. The third kappa shape index (κ3) is 5.17. The molecule has 1 heterocycles. The zero-order valence-electron chi connectivity index (χ0n) is 13.7. The smallest absolute Gasteiger partial charge is 0.257 e. The lowest BCUT2D eigenvalue weighted by Crippen LogP contribution is -2.40. The van der Waals surface area contributed by atoms with Gasteiger partial charge in [0.05, 0.1) is 0 Å². The van der Waals surface area contributed by atoms with E-state index in [1.165, 1.54) is 13.8 Å². The van der Waals surface area contributed by atoms with Crippen molar-refractivity contribution in [1.29, 1.82) is 0 Å². The normalized spacial score (nSPS) is 13.0. The predicted octanol–water partition coefficient (Wildman–Crippen LogP) is 2.36. The highest BCUT2D eigenvalue weighted by Crippen LogP contribution is 2.18.